The minimum Gasteiger partial charge on any atom is -0.486 e. The lowest BCUT2D eigenvalue weighted by atomic mass is 10.1. The average molecular weight is 431 g/mol. The number of ketones is 1. The number of carbonyl (C=O) groups is 3. The van der Waals surface area contributed by atoms with Gasteiger partial charge in [0.2, 0.25) is 11.8 Å². The van der Waals surface area contributed by atoms with E-state index in [-0.39, 0.29) is 24.1 Å². The Morgan fingerprint density at radius 1 is 0.871 bits per heavy atom. The number of Topliss-reactive ketones (excluding diaryl/α,β-unsaturated/α-hetero) is 1. The molecule has 1 N–H and O–H groups in total. The van der Waals surface area contributed by atoms with Gasteiger partial charge in [-0.15, -0.1) is 0 Å². The fourth-order valence-electron chi connectivity index (χ4n) is 4.26. The van der Waals surface area contributed by atoms with E-state index in [2.05, 4.69) is 10.2 Å². The summed E-state index contributed by atoms with van der Waals surface area (Å²) in [6.45, 7) is 7.61. The molecule has 3 aliphatic heterocycles. The summed E-state index contributed by atoms with van der Waals surface area (Å²) in [6.07, 6.45) is 2.34. The lowest BCUT2D eigenvalue weighted by molar-refractivity contribution is -0.134. The summed E-state index contributed by atoms with van der Waals surface area (Å²) in [4.78, 5) is 43.3. The first kappa shape index (κ1) is 21.6. The highest BCUT2D eigenvalue weighted by atomic mass is 16.6. The fraction of sp³-hybridized carbons (Fsp3) is 0.591. The van der Waals surface area contributed by atoms with E-state index in [4.69, 9.17) is 9.47 Å². The molecule has 3 heterocycles. The van der Waals surface area contributed by atoms with Crippen LogP contribution in [0, 0.1) is 0 Å². The highest BCUT2D eigenvalue weighted by molar-refractivity contribution is 6.05. The molecule has 0 bridgehead atoms. The number of anilines is 1. The third kappa shape index (κ3) is 5.34. The molecular formula is C22H30N4O5. The van der Waals surface area contributed by atoms with Gasteiger partial charge in [-0.3, -0.25) is 24.2 Å². The normalized spacial score (nSPS) is 19.3. The Morgan fingerprint density at radius 2 is 1.48 bits per heavy atom. The smallest absolute Gasteiger partial charge is 0.238 e. The van der Waals surface area contributed by atoms with Crippen LogP contribution in [-0.2, 0) is 9.59 Å². The number of hydrogen-bond donors (Lipinski definition) is 1. The molecule has 2 amide bonds. The van der Waals surface area contributed by atoms with Crippen LogP contribution in [0.2, 0.25) is 0 Å². The van der Waals surface area contributed by atoms with Crippen molar-refractivity contribution in [1.29, 1.82) is 0 Å². The second-order valence-electron chi connectivity index (χ2n) is 8.29. The Labute approximate surface area is 182 Å². The van der Waals surface area contributed by atoms with Crippen LogP contribution in [0.3, 0.4) is 0 Å². The molecule has 4 rings (SSSR count). The van der Waals surface area contributed by atoms with E-state index < -0.39 is 0 Å². The van der Waals surface area contributed by atoms with Gasteiger partial charge in [0.1, 0.15) is 13.2 Å². The van der Waals surface area contributed by atoms with Crippen LogP contribution >= 0.6 is 0 Å². The highest BCUT2D eigenvalue weighted by Crippen LogP contribution is 2.35. The van der Waals surface area contributed by atoms with E-state index in [0.29, 0.717) is 68.7 Å². The molecule has 0 aromatic heterocycles. The first-order chi connectivity index (χ1) is 15.0. The molecule has 0 saturated carbocycles. The standard InChI is InChI=1S/C22H30N4O5/c1-16(27)17-12-19-20(31-11-10-30-19)13-18(17)23-21(28)14-25-6-8-26(9-7-25)22(29)15-24-4-2-3-5-24/h12-13H,2-11,14-15H2,1H3,(H,23,28). The molecule has 9 heteroatoms. The molecule has 0 spiro atoms. The van der Waals surface area contributed by atoms with Crippen LogP contribution in [0.15, 0.2) is 12.1 Å². The van der Waals surface area contributed by atoms with Crippen molar-refractivity contribution >= 4 is 23.3 Å². The second-order valence-corrected chi connectivity index (χ2v) is 8.29. The number of ether oxygens (including phenoxy) is 2. The van der Waals surface area contributed by atoms with Gasteiger partial charge in [0.15, 0.2) is 17.3 Å². The molecule has 1 aromatic carbocycles. The number of fused-ring (bicyclic) bond motifs is 1. The lowest BCUT2D eigenvalue weighted by Gasteiger charge is -2.35. The van der Waals surface area contributed by atoms with Crippen molar-refractivity contribution in [1.82, 2.24) is 14.7 Å². The van der Waals surface area contributed by atoms with Crippen LogP contribution in [-0.4, -0.2) is 97.9 Å². The van der Waals surface area contributed by atoms with Crippen LogP contribution in [0.4, 0.5) is 5.69 Å². The summed E-state index contributed by atoms with van der Waals surface area (Å²) in [5.41, 5.74) is 0.830. The van der Waals surface area contributed by atoms with Gasteiger partial charge in [-0.2, -0.15) is 0 Å². The zero-order valence-corrected chi connectivity index (χ0v) is 18.0. The van der Waals surface area contributed by atoms with E-state index in [1.54, 1.807) is 12.1 Å². The Kier molecular flexibility index (Phi) is 6.72. The number of piperazine rings is 1. The first-order valence-electron chi connectivity index (χ1n) is 11.0. The number of nitrogens with one attached hydrogen (secondary N) is 1. The van der Waals surface area contributed by atoms with Crippen molar-refractivity contribution in [3.05, 3.63) is 17.7 Å². The monoisotopic (exact) mass is 430 g/mol. The van der Waals surface area contributed by atoms with Crippen molar-refractivity contribution in [2.75, 3.05) is 70.9 Å². The third-order valence-corrected chi connectivity index (χ3v) is 5.99. The van der Waals surface area contributed by atoms with Gasteiger partial charge in [0, 0.05) is 37.8 Å². The molecule has 1 aromatic rings. The van der Waals surface area contributed by atoms with Gasteiger partial charge >= 0.3 is 0 Å². The quantitative estimate of drug-likeness (QED) is 0.669. The van der Waals surface area contributed by atoms with E-state index in [9.17, 15) is 14.4 Å². The Bertz CT molecular complexity index is 845. The van der Waals surface area contributed by atoms with E-state index in [1.807, 2.05) is 9.80 Å². The van der Waals surface area contributed by atoms with E-state index in [0.717, 1.165) is 13.1 Å². The predicted octanol–water partition coefficient (Wildman–Crippen LogP) is 0.839. The Morgan fingerprint density at radius 3 is 2.13 bits per heavy atom. The minimum atomic E-state index is -0.198. The maximum absolute atomic E-state index is 12.6. The summed E-state index contributed by atoms with van der Waals surface area (Å²) < 4.78 is 11.1. The number of amides is 2. The molecule has 0 atom stereocenters. The highest BCUT2D eigenvalue weighted by Gasteiger charge is 2.25. The summed E-state index contributed by atoms with van der Waals surface area (Å²) in [5.74, 6) is 0.864. The zero-order chi connectivity index (χ0) is 21.8. The van der Waals surface area contributed by atoms with Gasteiger partial charge in [-0.05, 0) is 38.9 Å². The number of hydrogen-bond acceptors (Lipinski definition) is 7. The predicted molar refractivity (Wildman–Crippen MR) is 115 cm³/mol. The molecule has 2 fully saturated rings. The summed E-state index contributed by atoms with van der Waals surface area (Å²) >= 11 is 0. The summed E-state index contributed by atoms with van der Waals surface area (Å²) in [7, 11) is 0. The van der Waals surface area contributed by atoms with Crippen molar-refractivity contribution in [3.63, 3.8) is 0 Å². The molecule has 9 nitrogen and oxygen atoms in total. The van der Waals surface area contributed by atoms with Crippen LogP contribution in [0.5, 0.6) is 11.5 Å². The van der Waals surface area contributed by atoms with Crippen LogP contribution in [0.25, 0.3) is 0 Å². The number of carbonyl (C=O) groups excluding carboxylic acids is 3. The van der Waals surface area contributed by atoms with Gasteiger partial charge in [-0.1, -0.05) is 0 Å². The fourth-order valence-corrected chi connectivity index (χ4v) is 4.26. The molecule has 0 radical (unpaired) electrons. The minimum absolute atomic E-state index is 0.155. The molecular weight excluding hydrogens is 400 g/mol. The van der Waals surface area contributed by atoms with Crippen molar-refractivity contribution in [3.8, 4) is 11.5 Å². The Hall–Kier alpha value is -2.65. The van der Waals surface area contributed by atoms with E-state index in [1.165, 1.54) is 19.8 Å². The maximum Gasteiger partial charge on any atom is 0.238 e. The molecule has 0 aliphatic carbocycles. The Balaban J connectivity index is 1.29. The van der Waals surface area contributed by atoms with Crippen LogP contribution in [0.1, 0.15) is 30.1 Å². The molecule has 3 aliphatic rings. The summed E-state index contributed by atoms with van der Waals surface area (Å²) in [6, 6.07) is 3.27. The van der Waals surface area contributed by atoms with Gasteiger partial charge in [0.05, 0.1) is 18.8 Å². The van der Waals surface area contributed by atoms with Gasteiger partial charge in [0.25, 0.3) is 0 Å². The van der Waals surface area contributed by atoms with Gasteiger partial charge in [-0.25, -0.2) is 0 Å². The topological polar surface area (TPSA) is 91.4 Å². The molecule has 168 valence electrons. The first-order valence-corrected chi connectivity index (χ1v) is 11.0. The molecule has 2 saturated heterocycles. The SMILES string of the molecule is CC(=O)c1cc2c(cc1NC(=O)CN1CCN(C(=O)CN3CCCC3)CC1)OCCO2. The lowest BCUT2D eigenvalue weighted by Crippen LogP contribution is -2.52. The van der Waals surface area contributed by atoms with Crippen molar-refractivity contribution in [2.24, 2.45) is 0 Å². The number of likely N-dealkylation sites (tertiary alicyclic amines) is 1. The molecule has 31 heavy (non-hydrogen) atoms. The average Bonchev–Trinajstić information content (AvgIpc) is 3.26. The second kappa shape index (κ2) is 9.65. The zero-order valence-electron chi connectivity index (χ0n) is 18.0. The molecule has 0 unspecified atom stereocenters. The maximum atomic E-state index is 12.6. The van der Waals surface area contributed by atoms with Crippen molar-refractivity contribution < 1.29 is 23.9 Å². The largest absolute Gasteiger partial charge is 0.486 e. The van der Waals surface area contributed by atoms with Gasteiger partial charge < -0.3 is 19.7 Å². The number of rotatable bonds is 6. The van der Waals surface area contributed by atoms with E-state index >= 15 is 0 Å². The third-order valence-electron chi connectivity index (χ3n) is 5.99. The van der Waals surface area contributed by atoms with Crippen LogP contribution < -0.4 is 14.8 Å². The summed E-state index contributed by atoms with van der Waals surface area (Å²) in [5, 5.41) is 2.85. The number of nitrogens with zero attached hydrogens (tertiary/aromatic N) is 3. The van der Waals surface area contributed by atoms with Crippen molar-refractivity contribution in [2.45, 2.75) is 19.8 Å². The number of benzene rings is 1.